The Labute approximate surface area is 238 Å². The molecule has 0 aliphatic carbocycles. The van der Waals surface area contributed by atoms with Gasteiger partial charge in [-0.25, -0.2) is 9.18 Å². The summed E-state index contributed by atoms with van der Waals surface area (Å²) in [6, 6.07) is 10.2. The van der Waals surface area contributed by atoms with E-state index in [-0.39, 0.29) is 12.4 Å². The number of nitrogens with zero attached hydrogens (tertiary/aromatic N) is 6. The highest BCUT2D eigenvalue weighted by Gasteiger charge is 2.26. The Morgan fingerprint density at radius 1 is 1.02 bits per heavy atom. The van der Waals surface area contributed by atoms with Crippen LogP contribution in [0.15, 0.2) is 64.2 Å². The van der Waals surface area contributed by atoms with E-state index >= 15 is 0 Å². The van der Waals surface area contributed by atoms with Crippen molar-refractivity contribution in [3.63, 3.8) is 0 Å². The number of aromatic nitrogens is 6. The van der Waals surface area contributed by atoms with Crippen LogP contribution in [0.5, 0.6) is 0 Å². The zero-order valence-electron chi connectivity index (χ0n) is 22.5. The van der Waals surface area contributed by atoms with Gasteiger partial charge in [0, 0.05) is 35.8 Å². The van der Waals surface area contributed by atoms with Crippen molar-refractivity contribution in [3.8, 4) is 22.6 Å². The van der Waals surface area contributed by atoms with Crippen molar-refractivity contribution >= 4 is 11.0 Å². The monoisotopic (exact) mass is 579 g/mol. The number of nitrogens with one attached hydrogen (secondary N) is 1. The van der Waals surface area contributed by atoms with E-state index in [1.54, 1.807) is 42.7 Å². The number of likely N-dealkylation sites (tertiary alicyclic amines) is 1. The summed E-state index contributed by atoms with van der Waals surface area (Å²) in [4.78, 5) is 26.0. The standard InChI is InChI=1S/C21H13F3N6O2.C8H15NO/c22-15-7-17-16(6-14(15)11-2-1-5-25-8-11)27-21(31)30(17)10-13-4-3-12(9-26-13)19-28-29-20(32-19)18(23)24;1-2-4-9(5-3-1)8-6-10-7-8/h1-9,18H,10H2,(H,27,31);8H,1-7H2. The number of rotatable bonds is 6. The molecule has 4 aromatic heterocycles. The van der Waals surface area contributed by atoms with Crippen LogP contribution >= 0.6 is 0 Å². The summed E-state index contributed by atoms with van der Waals surface area (Å²) in [6.45, 7) is 4.67. The molecule has 42 heavy (non-hydrogen) atoms. The molecule has 7 rings (SSSR count). The molecule has 1 N–H and O–H groups in total. The van der Waals surface area contributed by atoms with Gasteiger partial charge in [-0.15, -0.1) is 10.2 Å². The molecular formula is C29H28F3N7O3. The van der Waals surface area contributed by atoms with E-state index in [1.807, 2.05) is 0 Å². The highest BCUT2D eigenvalue weighted by molar-refractivity contribution is 5.82. The van der Waals surface area contributed by atoms with Gasteiger partial charge in [-0.1, -0.05) is 12.5 Å². The second-order valence-corrected chi connectivity index (χ2v) is 10.2. The Balaban J connectivity index is 0.000000265. The molecule has 10 nitrogen and oxygen atoms in total. The molecule has 1 aromatic carbocycles. The van der Waals surface area contributed by atoms with E-state index < -0.39 is 23.8 Å². The molecule has 0 saturated carbocycles. The summed E-state index contributed by atoms with van der Waals surface area (Å²) in [5, 5.41) is 6.84. The summed E-state index contributed by atoms with van der Waals surface area (Å²) in [7, 11) is 0. The Kier molecular flexibility index (Phi) is 8.11. The maximum absolute atomic E-state index is 14.8. The van der Waals surface area contributed by atoms with Gasteiger partial charge in [-0.2, -0.15) is 8.78 Å². The minimum absolute atomic E-state index is 0.0664. The fourth-order valence-electron chi connectivity index (χ4n) is 5.04. The van der Waals surface area contributed by atoms with E-state index in [0.29, 0.717) is 33.4 Å². The first kappa shape index (κ1) is 27.8. The van der Waals surface area contributed by atoms with Gasteiger partial charge in [0.1, 0.15) is 5.82 Å². The molecular weight excluding hydrogens is 551 g/mol. The summed E-state index contributed by atoms with van der Waals surface area (Å²) >= 11 is 0. The summed E-state index contributed by atoms with van der Waals surface area (Å²) in [5.41, 5.74) is 2.18. The molecule has 2 saturated heterocycles. The predicted molar refractivity (Wildman–Crippen MR) is 147 cm³/mol. The first-order chi connectivity index (χ1) is 20.5. The van der Waals surface area contributed by atoms with Crippen LogP contribution < -0.4 is 5.69 Å². The summed E-state index contributed by atoms with van der Waals surface area (Å²) in [5.74, 6) is -1.36. The second kappa shape index (κ2) is 12.2. The molecule has 2 fully saturated rings. The molecule has 5 aromatic rings. The van der Waals surface area contributed by atoms with Crippen LogP contribution in [0.2, 0.25) is 0 Å². The van der Waals surface area contributed by atoms with Crippen molar-refractivity contribution in [1.82, 2.24) is 34.6 Å². The first-order valence-corrected chi connectivity index (χ1v) is 13.7. The number of hydrogen-bond donors (Lipinski definition) is 1. The Morgan fingerprint density at radius 3 is 2.50 bits per heavy atom. The summed E-state index contributed by atoms with van der Waals surface area (Å²) in [6.07, 6.45) is 5.87. The second-order valence-electron chi connectivity index (χ2n) is 10.2. The fourth-order valence-corrected chi connectivity index (χ4v) is 5.04. The van der Waals surface area contributed by atoms with Crippen molar-refractivity contribution in [2.45, 2.75) is 38.3 Å². The van der Waals surface area contributed by atoms with Crippen LogP contribution in [0.1, 0.15) is 37.3 Å². The third-order valence-electron chi connectivity index (χ3n) is 7.38. The van der Waals surface area contributed by atoms with E-state index in [9.17, 15) is 18.0 Å². The Bertz CT molecular complexity index is 1690. The largest absolute Gasteiger partial charge is 0.415 e. The number of ether oxygens (including phenoxy) is 1. The number of imidazole rings is 1. The number of fused-ring (bicyclic) bond motifs is 1. The average Bonchev–Trinajstić information content (AvgIpc) is 3.59. The molecule has 6 heterocycles. The molecule has 0 bridgehead atoms. The van der Waals surface area contributed by atoms with Gasteiger partial charge < -0.3 is 14.1 Å². The van der Waals surface area contributed by atoms with Crippen molar-refractivity contribution in [2.75, 3.05) is 26.3 Å². The number of alkyl halides is 2. The van der Waals surface area contributed by atoms with Crippen LogP contribution in [0, 0.1) is 5.82 Å². The van der Waals surface area contributed by atoms with Gasteiger partial charge in [0.2, 0.25) is 5.89 Å². The Hall–Kier alpha value is -4.36. The van der Waals surface area contributed by atoms with Crippen LogP contribution in [0.25, 0.3) is 33.6 Å². The van der Waals surface area contributed by atoms with Gasteiger partial charge in [-0.05, 0) is 50.2 Å². The lowest BCUT2D eigenvalue weighted by Gasteiger charge is -2.39. The molecule has 0 unspecified atom stereocenters. The Morgan fingerprint density at radius 2 is 1.86 bits per heavy atom. The number of H-pyrrole nitrogens is 1. The molecule has 13 heteroatoms. The summed E-state index contributed by atoms with van der Waals surface area (Å²) < 4.78 is 51.4. The van der Waals surface area contributed by atoms with Crippen molar-refractivity contribution < 1.29 is 22.3 Å². The molecule has 2 aliphatic heterocycles. The zero-order chi connectivity index (χ0) is 29.1. The van der Waals surface area contributed by atoms with Crippen molar-refractivity contribution in [3.05, 3.63) is 82.9 Å². The minimum Gasteiger partial charge on any atom is -0.415 e. The molecule has 2 aliphatic rings. The first-order valence-electron chi connectivity index (χ1n) is 13.7. The molecule has 218 valence electrons. The maximum Gasteiger partial charge on any atom is 0.326 e. The van der Waals surface area contributed by atoms with Gasteiger partial charge in [0.05, 0.1) is 48.1 Å². The van der Waals surface area contributed by atoms with Crippen LogP contribution in [-0.4, -0.2) is 67.0 Å². The number of pyridine rings is 2. The smallest absolute Gasteiger partial charge is 0.326 e. The SMILES string of the molecule is C1CCN(C2COC2)CC1.O=c1[nH]c2cc(-c3cccnc3)c(F)cc2n1Cc1ccc(-c2nnc(C(F)F)o2)cn1. The van der Waals surface area contributed by atoms with E-state index in [0.717, 1.165) is 19.3 Å². The minimum atomic E-state index is -2.86. The van der Waals surface area contributed by atoms with E-state index in [1.165, 1.54) is 49.2 Å². The molecule has 0 amide bonds. The van der Waals surface area contributed by atoms with Gasteiger partial charge in [0.15, 0.2) is 0 Å². The lowest BCUT2D eigenvalue weighted by Crippen LogP contribution is -2.50. The van der Waals surface area contributed by atoms with Gasteiger partial charge >= 0.3 is 12.1 Å². The number of piperidine rings is 1. The fraction of sp³-hybridized carbons (Fsp3) is 0.345. The van der Waals surface area contributed by atoms with Gasteiger partial charge in [0.25, 0.3) is 5.89 Å². The van der Waals surface area contributed by atoms with Gasteiger partial charge in [-0.3, -0.25) is 19.4 Å². The maximum atomic E-state index is 14.8. The molecule has 0 radical (unpaired) electrons. The quantitative estimate of drug-likeness (QED) is 0.304. The third-order valence-corrected chi connectivity index (χ3v) is 7.38. The molecule has 0 spiro atoms. The normalized spacial score (nSPS) is 15.9. The number of aromatic amines is 1. The lowest BCUT2D eigenvalue weighted by molar-refractivity contribution is -0.0698. The zero-order valence-corrected chi connectivity index (χ0v) is 22.5. The molecule has 0 atom stereocenters. The van der Waals surface area contributed by atoms with E-state index in [2.05, 4.69) is 30.0 Å². The van der Waals surface area contributed by atoms with Crippen molar-refractivity contribution in [1.29, 1.82) is 0 Å². The number of benzene rings is 1. The van der Waals surface area contributed by atoms with Crippen LogP contribution in [0.3, 0.4) is 0 Å². The highest BCUT2D eigenvalue weighted by atomic mass is 19.3. The van der Waals surface area contributed by atoms with Crippen molar-refractivity contribution in [2.24, 2.45) is 0 Å². The third kappa shape index (κ3) is 5.97. The number of hydrogen-bond acceptors (Lipinski definition) is 8. The topological polar surface area (TPSA) is 115 Å². The van der Waals surface area contributed by atoms with E-state index in [4.69, 9.17) is 9.15 Å². The van der Waals surface area contributed by atoms with Crippen LogP contribution in [0.4, 0.5) is 13.2 Å². The number of halogens is 3. The average molecular weight is 580 g/mol. The van der Waals surface area contributed by atoms with Crippen LogP contribution in [-0.2, 0) is 11.3 Å². The predicted octanol–water partition coefficient (Wildman–Crippen LogP) is 4.83. The lowest BCUT2D eigenvalue weighted by atomic mass is 10.1. The highest BCUT2D eigenvalue weighted by Crippen LogP contribution is 2.27.